The van der Waals surface area contributed by atoms with Gasteiger partial charge in [0, 0.05) is 24.0 Å². The summed E-state index contributed by atoms with van der Waals surface area (Å²) in [6.45, 7) is 2.54. The molecule has 2 saturated heterocycles. The zero-order valence-corrected chi connectivity index (χ0v) is 10.7. The van der Waals surface area contributed by atoms with Crippen LogP contribution in [0.4, 0.5) is 5.13 Å². The zero-order chi connectivity index (χ0) is 11.0. The van der Waals surface area contributed by atoms with Crippen LogP contribution in [0.5, 0.6) is 0 Å². The molecule has 1 aromatic rings. The second-order valence-electron chi connectivity index (χ2n) is 4.67. The number of hydrogen-bond donors (Lipinski definition) is 1. The Labute approximate surface area is 105 Å². The van der Waals surface area contributed by atoms with Crippen LogP contribution < -0.4 is 5.32 Å². The Morgan fingerprint density at radius 1 is 1.44 bits per heavy atom. The summed E-state index contributed by atoms with van der Waals surface area (Å²) in [5.74, 6) is 0. The summed E-state index contributed by atoms with van der Waals surface area (Å²) in [5, 5.41) is 6.97. The molecule has 0 radical (unpaired) electrons. The molecule has 3 nitrogen and oxygen atoms in total. The predicted molar refractivity (Wildman–Crippen MR) is 68.4 cm³/mol. The van der Waals surface area contributed by atoms with E-state index in [1.165, 1.54) is 38.8 Å². The maximum Gasteiger partial charge on any atom is 0.184 e. The Hall–Kier alpha value is -0.320. The standard InChI is InChI=1S/C11H16ClN3S/c12-10-7-16-11(14-10)13-8-3-5-15-4-1-2-9(15)6-8/h7-9H,1-6H2,(H,13,14). The van der Waals surface area contributed by atoms with Crippen molar-refractivity contribution in [1.82, 2.24) is 9.88 Å². The normalized spacial score (nSPS) is 30.3. The molecule has 0 bridgehead atoms. The highest BCUT2D eigenvalue weighted by Crippen LogP contribution is 2.29. The Bertz CT molecular complexity index is 368. The third kappa shape index (κ3) is 2.19. The molecule has 2 atom stereocenters. The minimum Gasteiger partial charge on any atom is -0.359 e. The third-order valence-corrected chi connectivity index (χ3v) is 4.72. The first-order valence-corrected chi connectivity index (χ1v) is 7.18. The summed E-state index contributed by atoms with van der Waals surface area (Å²) in [7, 11) is 0. The van der Waals surface area contributed by atoms with Gasteiger partial charge < -0.3 is 10.2 Å². The second kappa shape index (κ2) is 4.51. The van der Waals surface area contributed by atoms with Gasteiger partial charge in [0.25, 0.3) is 0 Å². The van der Waals surface area contributed by atoms with Gasteiger partial charge in [-0.05, 0) is 32.2 Å². The number of nitrogens with zero attached hydrogens (tertiary/aromatic N) is 2. The highest BCUT2D eigenvalue weighted by Gasteiger charge is 2.31. The van der Waals surface area contributed by atoms with E-state index in [-0.39, 0.29) is 0 Å². The summed E-state index contributed by atoms with van der Waals surface area (Å²) in [4.78, 5) is 6.88. The Morgan fingerprint density at radius 2 is 2.38 bits per heavy atom. The molecule has 0 saturated carbocycles. The first kappa shape index (κ1) is 10.8. The fourth-order valence-corrected chi connectivity index (χ4v) is 3.77. The molecule has 16 heavy (non-hydrogen) atoms. The van der Waals surface area contributed by atoms with Gasteiger partial charge in [0.1, 0.15) is 5.15 Å². The second-order valence-corrected chi connectivity index (χ2v) is 5.92. The van der Waals surface area contributed by atoms with Gasteiger partial charge in [-0.15, -0.1) is 11.3 Å². The van der Waals surface area contributed by atoms with Crippen molar-refractivity contribution in [3.63, 3.8) is 0 Å². The predicted octanol–water partition coefficient (Wildman–Crippen LogP) is 2.84. The molecule has 3 heterocycles. The van der Waals surface area contributed by atoms with Crippen LogP contribution in [0.15, 0.2) is 5.38 Å². The first-order valence-electron chi connectivity index (χ1n) is 5.93. The van der Waals surface area contributed by atoms with Crippen molar-refractivity contribution in [3.05, 3.63) is 10.5 Å². The molecular weight excluding hydrogens is 242 g/mol. The number of piperidine rings is 1. The number of thiazole rings is 1. The molecule has 2 fully saturated rings. The molecule has 88 valence electrons. The van der Waals surface area contributed by atoms with Crippen molar-refractivity contribution < 1.29 is 0 Å². The lowest BCUT2D eigenvalue weighted by Crippen LogP contribution is -2.42. The van der Waals surface area contributed by atoms with Crippen LogP contribution in [0, 0.1) is 0 Å². The van der Waals surface area contributed by atoms with Crippen molar-refractivity contribution in [2.45, 2.75) is 37.8 Å². The van der Waals surface area contributed by atoms with Crippen molar-refractivity contribution >= 4 is 28.1 Å². The molecule has 5 heteroatoms. The molecular formula is C11H16ClN3S. The number of nitrogens with one attached hydrogen (secondary N) is 1. The van der Waals surface area contributed by atoms with Gasteiger partial charge in [-0.3, -0.25) is 0 Å². The Kier molecular flexibility index (Phi) is 3.05. The van der Waals surface area contributed by atoms with Crippen LogP contribution in [-0.4, -0.2) is 35.1 Å². The van der Waals surface area contributed by atoms with Gasteiger partial charge in [-0.25, -0.2) is 4.98 Å². The van der Waals surface area contributed by atoms with E-state index in [4.69, 9.17) is 11.6 Å². The molecule has 1 N–H and O–H groups in total. The summed E-state index contributed by atoms with van der Waals surface area (Å²) in [6, 6.07) is 1.39. The van der Waals surface area contributed by atoms with E-state index < -0.39 is 0 Å². The summed E-state index contributed by atoms with van der Waals surface area (Å²) in [5.41, 5.74) is 0. The van der Waals surface area contributed by atoms with Crippen LogP contribution >= 0.6 is 22.9 Å². The molecule has 2 aliphatic rings. The monoisotopic (exact) mass is 257 g/mol. The minimum absolute atomic E-state index is 0.585. The molecule has 2 unspecified atom stereocenters. The first-order chi connectivity index (χ1) is 7.81. The molecule has 1 aromatic heterocycles. The van der Waals surface area contributed by atoms with Crippen molar-refractivity contribution in [2.75, 3.05) is 18.4 Å². The van der Waals surface area contributed by atoms with Crippen LogP contribution in [0.2, 0.25) is 5.15 Å². The van der Waals surface area contributed by atoms with E-state index in [9.17, 15) is 0 Å². The van der Waals surface area contributed by atoms with Gasteiger partial charge in [0.2, 0.25) is 0 Å². The van der Waals surface area contributed by atoms with Crippen LogP contribution in [0.25, 0.3) is 0 Å². The minimum atomic E-state index is 0.585. The van der Waals surface area contributed by atoms with E-state index >= 15 is 0 Å². The van der Waals surface area contributed by atoms with Crippen molar-refractivity contribution in [1.29, 1.82) is 0 Å². The summed E-state index contributed by atoms with van der Waals surface area (Å²) >= 11 is 7.42. The molecule has 0 spiro atoms. The lowest BCUT2D eigenvalue weighted by molar-refractivity contribution is 0.188. The third-order valence-electron chi connectivity index (χ3n) is 3.62. The number of anilines is 1. The van der Waals surface area contributed by atoms with Gasteiger partial charge in [-0.1, -0.05) is 11.6 Å². The van der Waals surface area contributed by atoms with Crippen molar-refractivity contribution in [3.8, 4) is 0 Å². The molecule has 3 rings (SSSR count). The maximum atomic E-state index is 5.82. The van der Waals surface area contributed by atoms with Crippen LogP contribution in [0.3, 0.4) is 0 Å². The smallest absolute Gasteiger partial charge is 0.184 e. The maximum absolute atomic E-state index is 5.82. The van der Waals surface area contributed by atoms with Gasteiger partial charge in [-0.2, -0.15) is 0 Å². The van der Waals surface area contributed by atoms with Gasteiger partial charge in [0.05, 0.1) is 0 Å². The quantitative estimate of drug-likeness (QED) is 0.883. The molecule has 0 aliphatic carbocycles. The summed E-state index contributed by atoms with van der Waals surface area (Å²) < 4.78 is 0. The number of halogens is 1. The number of hydrogen-bond acceptors (Lipinski definition) is 4. The largest absolute Gasteiger partial charge is 0.359 e. The number of aromatic nitrogens is 1. The van der Waals surface area contributed by atoms with E-state index in [1.807, 2.05) is 5.38 Å². The van der Waals surface area contributed by atoms with Crippen LogP contribution in [0.1, 0.15) is 25.7 Å². The average Bonchev–Trinajstić information content (AvgIpc) is 2.87. The van der Waals surface area contributed by atoms with Crippen LogP contribution in [-0.2, 0) is 0 Å². The molecule has 2 aliphatic heterocycles. The molecule has 0 aromatic carbocycles. The fourth-order valence-electron chi connectivity index (χ4n) is 2.85. The van der Waals surface area contributed by atoms with Crippen molar-refractivity contribution in [2.24, 2.45) is 0 Å². The Morgan fingerprint density at radius 3 is 3.19 bits per heavy atom. The Balaban J connectivity index is 1.60. The fraction of sp³-hybridized carbons (Fsp3) is 0.727. The van der Waals surface area contributed by atoms with Gasteiger partial charge >= 0.3 is 0 Å². The van der Waals surface area contributed by atoms with E-state index in [0.29, 0.717) is 11.2 Å². The van der Waals surface area contributed by atoms with E-state index in [2.05, 4.69) is 15.2 Å². The number of rotatable bonds is 2. The molecule has 0 amide bonds. The lowest BCUT2D eigenvalue weighted by atomic mass is 9.98. The highest BCUT2D eigenvalue weighted by atomic mass is 35.5. The van der Waals surface area contributed by atoms with Gasteiger partial charge in [0.15, 0.2) is 5.13 Å². The van der Waals surface area contributed by atoms with E-state index in [1.54, 1.807) is 11.3 Å². The number of fused-ring (bicyclic) bond motifs is 1. The SMILES string of the molecule is Clc1csc(NC2CCN3CCCC3C2)n1. The average molecular weight is 258 g/mol. The van der Waals surface area contributed by atoms with E-state index in [0.717, 1.165) is 11.2 Å². The summed E-state index contributed by atoms with van der Waals surface area (Å²) in [6.07, 6.45) is 5.24. The lowest BCUT2D eigenvalue weighted by Gasteiger charge is -2.35. The topological polar surface area (TPSA) is 28.2 Å². The zero-order valence-electron chi connectivity index (χ0n) is 9.16. The highest BCUT2D eigenvalue weighted by molar-refractivity contribution is 7.14.